The van der Waals surface area contributed by atoms with Gasteiger partial charge in [0.05, 0.1) is 19.1 Å². The number of fused-ring (bicyclic) bond motifs is 1. The Labute approximate surface area is 153 Å². The molecular formula is C21H15F3O3. The van der Waals surface area contributed by atoms with Gasteiger partial charge in [-0.15, -0.1) is 0 Å². The monoisotopic (exact) mass is 372 g/mol. The number of Topliss-reactive ketones (excluding diaryl/α,β-unsaturated/α-hetero) is 2. The summed E-state index contributed by atoms with van der Waals surface area (Å²) in [6.45, 7) is 0. The SMILES string of the molecule is COc1ccc2cc(C(=O)CC(=O)c3ccc(C(F)(F)F)cc3)ccc2c1. The summed E-state index contributed by atoms with van der Waals surface area (Å²) in [5.41, 5.74) is -0.398. The third kappa shape index (κ3) is 4.16. The minimum absolute atomic E-state index is 0.0712. The van der Waals surface area contributed by atoms with Gasteiger partial charge in [0.1, 0.15) is 5.75 Å². The molecule has 0 spiro atoms. The Morgan fingerprint density at radius 1 is 0.815 bits per heavy atom. The molecule has 27 heavy (non-hydrogen) atoms. The highest BCUT2D eigenvalue weighted by Crippen LogP contribution is 2.29. The van der Waals surface area contributed by atoms with E-state index in [9.17, 15) is 22.8 Å². The first-order chi connectivity index (χ1) is 12.8. The lowest BCUT2D eigenvalue weighted by Gasteiger charge is -2.07. The van der Waals surface area contributed by atoms with Crippen molar-refractivity contribution in [1.82, 2.24) is 0 Å². The molecule has 3 aromatic carbocycles. The molecule has 0 saturated carbocycles. The summed E-state index contributed by atoms with van der Waals surface area (Å²) in [4.78, 5) is 24.6. The summed E-state index contributed by atoms with van der Waals surface area (Å²) in [7, 11) is 1.56. The van der Waals surface area contributed by atoms with E-state index in [0.29, 0.717) is 11.3 Å². The van der Waals surface area contributed by atoms with Gasteiger partial charge in [0.25, 0.3) is 0 Å². The Hall–Kier alpha value is -3.15. The molecule has 6 heteroatoms. The maximum absolute atomic E-state index is 12.6. The van der Waals surface area contributed by atoms with Crippen LogP contribution in [-0.4, -0.2) is 18.7 Å². The van der Waals surface area contributed by atoms with Crippen LogP contribution in [0.3, 0.4) is 0 Å². The van der Waals surface area contributed by atoms with Crippen LogP contribution in [0.4, 0.5) is 13.2 Å². The van der Waals surface area contributed by atoms with E-state index in [1.165, 1.54) is 0 Å². The number of ether oxygens (including phenoxy) is 1. The number of rotatable bonds is 5. The van der Waals surface area contributed by atoms with Gasteiger partial charge in [-0.25, -0.2) is 0 Å². The topological polar surface area (TPSA) is 43.4 Å². The van der Waals surface area contributed by atoms with E-state index in [4.69, 9.17) is 4.74 Å². The first-order valence-corrected chi connectivity index (χ1v) is 8.09. The molecule has 3 nitrogen and oxygen atoms in total. The van der Waals surface area contributed by atoms with E-state index < -0.39 is 29.7 Å². The van der Waals surface area contributed by atoms with Crippen molar-refractivity contribution in [2.75, 3.05) is 7.11 Å². The standard InChI is InChI=1S/C21H15F3O3/c1-27-18-9-6-14-10-16(3-2-15(14)11-18)20(26)12-19(25)13-4-7-17(8-5-13)21(22,23)24/h2-11H,12H2,1H3. The van der Waals surface area contributed by atoms with Gasteiger partial charge in [0, 0.05) is 11.1 Å². The summed E-state index contributed by atoms with van der Waals surface area (Å²) in [5, 5.41) is 1.71. The van der Waals surface area contributed by atoms with E-state index >= 15 is 0 Å². The van der Waals surface area contributed by atoms with Crippen molar-refractivity contribution in [2.24, 2.45) is 0 Å². The Kier molecular flexibility index (Phi) is 4.99. The molecule has 0 amide bonds. The zero-order chi connectivity index (χ0) is 19.6. The lowest BCUT2D eigenvalue weighted by molar-refractivity contribution is -0.137. The third-order valence-corrected chi connectivity index (χ3v) is 4.22. The van der Waals surface area contributed by atoms with Gasteiger partial charge in [-0.2, -0.15) is 13.2 Å². The molecular weight excluding hydrogens is 357 g/mol. The molecule has 0 bridgehead atoms. The molecule has 0 heterocycles. The second kappa shape index (κ2) is 7.23. The summed E-state index contributed by atoms with van der Waals surface area (Å²) >= 11 is 0. The van der Waals surface area contributed by atoms with E-state index in [0.717, 1.165) is 35.0 Å². The number of hydrogen-bond acceptors (Lipinski definition) is 3. The van der Waals surface area contributed by atoms with Crippen LogP contribution in [0.2, 0.25) is 0 Å². The lowest BCUT2D eigenvalue weighted by atomic mass is 9.98. The molecule has 0 aliphatic heterocycles. The summed E-state index contributed by atoms with van der Waals surface area (Å²) in [6, 6.07) is 14.3. The quantitative estimate of drug-likeness (QED) is 0.450. The zero-order valence-corrected chi connectivity index (χ0v) is 14.3. The normalized spacial score (nSPS) is 11.4. The molecule has 0 aliphatic carbocycles. The Morgan fingerprint density at radius 3 is 2.00 bits per heavy atom. The van der Waals surface area contributed by atoms with Gasteiger partial charge in [-0.3, -0.25) is 9.59 Å². The second-order valence-corrected chi connectivity index (χ2v) is 6.03. The number of carbonyl (C=O) groups is 2. The molecule has 0 aliphatic rings. The van der Waals surface area contributed by atoms with Crippen LogP contribution in [0, 0.1) is 0 Å². The number of hydrogen-bond donors (Lipinski definition) is 0. The smallest absolute Gasteiger partial charge is 0.416 e. The Morgan fingerprint density at radius 2 is 1.37 bits per heavy atom. The van der Waals surface area contributed by atoms with Crippen LogP contribution >= 0.6 is 0 Å². The fourth-order valence-corrected chi connectivity index (χ4v) is 2.72. The number of carbonyl (C=O) groups excluding carboxylic acids is 2. The highest BCUT2D eigenvalue weighted by Gasteiger charge is 2.30. The van der Waals surface area contributed by atoms with Crippen LogP contribution in [0.15, 0.2) is 60.7 Å². The van der Waals surface area contributed by atoms with Crippen LogP contribution in [-0.2, 0) is 6.18 Å². The molecule has 0 aromatic heterocycles. The van der Waals surface area contributed by atoms with Crippen molar-refractivity contribution < 1.29 is 27.5 Å². The molecule has 3 aromatic rings. The van der Waals surface area contributed by atoms with E-state index in [1.54, 1.807) is 31.4 Å². The fraction of sp³-hybridized carbons (Fsp3) is 0.143. The highest BCUT2D eigenvalue weighted by atomic mass is 19.4. The average Bonchev–Trinajstić information content (AvgIpc) is 2.66. The number of halogens is 3. The molecule has 0 unspecified atom stereocenters. The van der Waals surface area contributed by atoms with Crippen molar-refractivity contribution in [3.05, 3.63) is 77.4 Å². The van der Waals surface area contributed by atoms with E-state index in [-0.39, 0.29) is 5.56 Å². The Bertz CT molecular complexity index is 1010. The van der Waals surface area contributed by atoms with E-state index in [1.807, 2.05) is 12.1 Å². The van der Waals surface area contributed by atoms with Crippen LogP contribution in [0.1, 0.15) is 32.7 Å². The Balaban J connectivity index is 1.76. The van der Waals surface area contributed by atoms with Gasteiger partial charge in [0.15, 0.2) is 11.6 Å². The maximum Gasteiger partial charge on any atom is 0.416 e. The maximum atomic E-state index is 12.6. The first kappa shape index (κ1) is 18.6. The molecule has 3 rings (SSSR count). The molecule has 0 radical (unpaired) electrons. The van der Waals surface area contributed by atoms with Gasteiger partial charge in [-0.1, -0.05) is 30.3 Å². The van der Waals surface area contributed by atoms with Gasteiger partial charge in [0.2, 0.25) is 0 Å². The van der Waals surface area contributed by atoms with Crippen molar-refractivity contribution >= 4 is 22.3 Å². The minimum atomic E-state index is -4.47. The second-order valence-electron chi connectivity index (χ2n) is 6.03. The zero-order valence-electron chi connectivity index (χ0n) is 14.3. The van der Waals surface area contributed by atoms with Crippen molar-refractivity contribution in [3.8, 4) is 5.75 Å². The van der Waals surface area contributed by atoms with Gasteiger partial charge in [-0.05, 0) is 41.1 Å². The molecule has 138 valence electrons. The van der Waals surface area contributed by atoms with Crippen LogP contribution in [0.25, 0.3) is 10.8 Å². The molecule has 0 atom stereocenters. The van der Waals surface area contributed by atoms with Crippen molar-refractivity contribution in [1.29, 1.82) is 0 Å². The van der Waals surface area contributed by atoms with Gasteiger partial charge >= 0.3 is 6.18 Å². The highest BCUT2D eigenvalue weighted by molar-refractivity contribution is 6.14. The number of methoxy groups -OCH3 is 1. The number of alkyl halides is 3. The minimum Gasteiger partial charge on any atom is -0.497 e. The van der Waals surface area contributed by atoms with E-state index in [2.05, 4.69) is 0 Å². The molecule has 0 N–H and O–H groups in total. The average molecular weight is 372 g/mol. The number of ketones is 2. The largest absolute Gasteiger partial charge is 0.497 e. The summed E-state index contributed by atoms with van der Waals surface area (Å²) in [5.74, 6) is -0.222. The first-order valence-electron chi connectivity index (χ1n) is 8.09. The molecule has 0 fully saturated rings. The summed E-state index contributed by atoms with van der Waals surface area (Å²) < 4.78 is 42.9. The van der Waals surface area contributed by atoms with Crippen LogP contribution < -0.4 is 4.74 Å². The third-order valence-electron chi connectivity index (χ3n) is 4.22. The number of benzene rings is 3. The van der Waals surface area contributed by atoms with Crippen LogP contribution in [0.5, 0.6) is 5.75 Å². The lowest BCUT2D eigenvalue weighted by Crippen LogP contribution is -2.10. The van der Waals surface area contributed by atoms with Crippen molar-refractivity contribution in [2.45, 2.75) is 12.6 Å². The van der Waals surface area contributed by atoms with Crippen molar-refractivity contribution in [3.63, 3.8) is 0 Å². The fourth-order valence-electron chi connectivity index (χ4n) is 2.72. The predicted octanol–water partition coefficient (Wildman–Crippen LogP) is 5.32. The summed E-state index contributed by atoms with van der Waals surface area (Å²) in [6.07, 6.45) is -4.88. The molecule has 0 saturated heterocycles. The van der Waals surface area contributed by atoms with Gasteiger partial charge < -0.3 is 4.74 Å². The predicted molar refractivity (Wildman–Crippen MR) is 95.2 cm³/mol.